The highest BCUT2D eigenvalue weighted by atomic mass is 19.1. The number of amides is 1. The van der Waals surface area contributed by atoms with Gasteiger partial charge >= 0.3 is 0 Å². The van der Waals surface area contributed by atoms with Crippen LogP contribution in [0, 0.1) is 11.6 Å². The van der Waals surface area contributed by atoms with Gasteiger partial charge in [0, 0.05) is 49.4 Å². The average Bonchev–Trinajstić information content (AvgIpc) is 3.51. The van der Waals surface area contributed by atoms with E-state index in [-0.39, 0.29) is 31.1 Å². The van der Waals surface area contributed by atoms with Gasteiger partial charge in [-0.25, -0.2) is 23.1 Å². The summed E-state index contributed by atoms with van der Waals surface area (Å²) in [5.41, 5.74) is 3.84. The number of nitrogens with zero attached hydrogens (tertiary/aromatic N) is 5. The summed E-state index contributed by atoms with van der Waals surface area (Å²) >= 11 is 0. The minimum absolute atomic E-state index is 0.0424. The van der Waals surface area contributed by atoms with E-state index < -0.39 is 17.9 Å². The molecule has 0 radical (unpaired) electrons. The molecule has 0 saturated heterocycles. The monoisotopic (exact) mass is 507 g/mol. The number of carbonyl (C=O) groups is 1. The second-order valence-electron chi connectivity index (χ2n) is 9.51. The number of hydrogen-bond donors (Lipinski definition) is 0. The van der Waals surface area contributed by atoms with Gasteiger partial charge in [-0.15, -0.1) is 0 Å². The molecule has 4 aromatic rings. The van der Waals surface area contributed by atoms with Crippen LogP contribution in [0.25, 0.3) is 16.6 Å². The number of halogens is 3. The van der Waals surface area contributed by atoms with Crippen LogP contribution in [0.1, 0.15) is 34.1 Å². The Morgan fingerprint density at radius 2 is 2.00 bits per heavy atom. The average molecular weight is 508 g/mol. The molecule has 0 bridgehead atoms. The van der Waals surface area contributed by atoms with Gasteiger partial charge in [-0.2, -0.15) is 0 Å². The minimum atomic E-state index is -1.27. The van der Waals surface area contributed by atoms with Gasteiger partial charge in [-0.05, 0) is 42.3 Å². The van der Waals surface area contributed by atoms with Crippen LogP contribution in [-0.4, -0.2) is 51.5 Å². The lowest BCUT2D eigenvalue weighted by Gasteiger charge is -2.27. The Bertz CT molecular complexity index is 1550. The van der Waals surface area contributed by atoms with Crippen molar-refractivity contribution in [3.8, 4) is 16.9 Å². The Kier molecular flexibility index (Phi) is 5.54. The first kappa shape index (κ1) is 23.3. The van der Waals surface area contributed by atoms with Crippen LogP contribution in [0.15, 0.2) is 42.9 Å². The Labute approximate surface area is 211 Å². The first-order valence-electron chi connectivity index (χ1n) is 12.0. The van der Waals surface area contributed by atoms with E-state index in [1.807, 2.05) is 0 Å². The molecule has 0 fully saturated rings. The Morgan fingerprint density at radius 3 is 2.81 bits per heavy atom. The number of alkyl halides is 1. The van der Waals surface area contributed by atoms with Crippen molar-refractivity contribution in [3.05, 3.63) is 76.9 Å². The van der Waals surface area contributed by atoms with E-state index in [0.717, 1.165) is 5.56 Å². The van der Waals surface area contributed by atoms with Crippen molar-refractivity contribution in [2.75, 3.05) is 25.1 Å². The van der Waals surface area contributed by atoms with Crippen molar-refractivity contribution in [2.24, 2.45) is 0 Å². The summed E-state index contributed by atoms with van der Waals surface area (Å²) in [7, 11) is 1.78. The van der Waals surface area contributed by atoms with E-state index in [1.54, 1.807) is 34.7 Å². The van der Waals surface area contributed by atoms with Gasteiger partial charge in [0.25, 0.3) is 5.91 Å². The fourth-order valence-electron chi connectivity index (χ4n) is 5.27. The maximum Gasteiger partial charge on any atom is 0.275 e. The van der Waals surface area contributed by atoms with Crippen LogP contribution in [-0.2, 0) is 19.5 Å². The summed E-state index contributed by atoms with van der Waals surface area (Å²) in [6, 6.07) is 7.38. The molecule has 1 atom stereocenters. The highest BCUT2D eigenvalue weighted by Crippen LogP contribution is 2.36. The molecular weight excluding hydrogens is 483 g/mol. The highest BCUT2D eigenvalue weighted by molar-refractivity contribution is 6.04. The molecule has 10 heteroatoms. The number of imidazole rings is 1. The number of anilines is 1. The summed E-state index contributed by atoms with van der Waals surface area (Å²) in [4.78, 5) is 25.7. The molecular formula is C27H24F3N5O2. The van der Waals surface area contributed by atoms with Gasteiger partial charge < -0.3 is 14.5 Å². The zero-order valence-corrected chi connectivity index (χ0v) is 20.3. The number of rotatable bonds is 5. The van der Waals surface area contributed by atoms with E-state index in [4.69, 9.17) is 4.74 Å². The maximum absolute atomic E-state index is 14.8. The second-order valence-corrected chi connectivity index (χ2v) is 9.51. The van der Waals surface area contributed by atoms with Gasteiger partial charge in [0.05, 0.1) is 18.7 Å². The molecule has 0 spiro atoms. The predicted octanol–water partition coefficient (Wildman–Crippen LogP) is 4.56. The summed E-state index contributed by atoms with van der Waals surface area (Å²) in [6.45, 7) is 1.99. The van der Waals surface area contributed by atoms with Crippen molar-refractivity contribution >= 4 is 17.4 Å². The summed E-state index contributed by atoms with van der Waals surface area (Å²) in [5, 5.41) is 0. The topological polar surface area (TPSA) is 63.0 Å². The number of hydrogen-bond acceptors (Lipinski definition) is 5. The molecule has 0 aliphatic carbocycles. The summed E-state index contributed by atoms with van der Waals surface area (Å²) < 4.78 is 50.3. The van der Waals surface area contributed by atoms with Crippen LogP contribution in [0.4, 0.5) is 19.1 Å². The first-order valence-corrected chi connectivity index (χ1v) is 12.0. The van der Waals surface area contributed by atoms with Crippen molar-refractivity contribution < 1.29 is 22.7 Å². The third-order valence-corrected chi connectivity index (χ3v) is 6.91. The number of benzene rings is 2. The van der Waals surface area contributed by atoms with Gasteiger partial charge in [0.15, 0.2) is 5.69 Å². The molecule has 2 aliphatic rings. The lowest BCUT2D eigenvalue weighted by atomic mass is 9.97. The number of ether oxygens (including phenoxy) is 1. The largest absolute Gasteiger partial charge is 0.493 e. The lowest BCUT2D eigenvalue weighted by Crippen LogP contribution is -2.36. The molecule has 4 heterocycles. The number of carbonyl (C=O) groups excluding carboxylic acids is 1. The van der Waals surface area contributed by atoms with Crippen LogP contribution in [0.3, 0.4) is 0 Å². The predicted molar refractivity (Wildman–Crippen MR) is 131 cm³/mol. The molecule has 6 rings (SSSR count). The highest BCUT2D eigenvalue weighted by Gasteiger charge is 2.30. The van der Waals surface area contributed by atoms with E-state index in [1.165, 1.54) is 36.4 Å². The van der Waals surface area contributed by atoms with E-state index in [2.05, 4.69) is 9.97 Å². The molecule has 37 heavy (non-hydrogen) atoms. The quantitative estimate of drug-likeness (QED) is 0.396. The Hall–Kier alpha value is -4.08. The molecule has 2 aromatic carbocycles. The molecule has 2 aliphatic heterocycles. The van der Waals surface area contributed by atoms with Crippen molar-refractivity contribution in [2.45, 2.75) is 32.6 Å². The molecule has 2 aromatic heterocycles. The van der Waals surface area contributed by atoms with Crippen LogP contribution in [0.5, 0.6) is 5.75 Å². The zero-order chi connectivity index (χ0) is 25.8. The standard InChI is InChI=1S/C27H24F3N5O2/c1-15(28)11-34-12-16-9-17(29)3-4-18(16)20-10-31-27(35-14-32-24(25(20)35)26(34)36)33(2)13-21-19-7-8-37-23(19)6-5-22(21)30/h3-6,9-10,14-15H,7-8,11-13H2,1-2H3. The van der Waals surface area contributed by atoms with Crippen molar-refractivity contribution in [1.29, 1.82) is 0 Å². The Balaban J connectivity index is 1.49. The molecule has 0 saturated carbocycles. The minimum Gasteiger partial charge on any atom is -0.493 e. The molecule has 190 valence electrons. The van der Waals surface area contributed by atoms with Crippen molar-refractivity contribution in [1.82, 2.24) is 19.3 Å². The van der Waals surface area contributed by atoms with Crippen LogP contribution in [0.2, 0.25) is 0 Å². The zero-order valence-electron chi connectivity index (χ0n) is 20.3. The third kappa shape index (κ3) is 3.87. The third-order valence-electron chi connectivity index (χ3n) is 6.91. The van der Waals surface area contributed by atoms with E-state index in [9.17, 15) is 18.0 Å². The van der Waals surface area contributed by atoms with Crippen molar-refractivity contribution in [3.63, 3.8) is 0 Å². The maximum atomic E-state index is 14.8. The Morgan fingerprint density at radius 1 is 1.16 bits per heavy atom. The molecule has 0 N–H and O–H groups in total. The summed E-state index contributed by atoms with van der Waals surface area (Å²) in [6.07, 6.45) is 2.46. The SMILES string of the molecule is CC(F)CN1Cc2cc(F)ccc2-c2cnc(N(C)Cc3c(F)ccc4c3CCO4)n3cnc(c23)C1=O. The van der Waals surface area contributed by atoms with E-state index >= 15 is 0 Å². The first-order chi connectivity index (χ1) is 17.8. The normalized spacial score (nSPS) is 15.2. The summed E-state index contributed by atoms with van der Waals surface area (Å²) in [5.74, 6) is -0.105. The molecule has 1 unspecified atom stereocenters. The van der Waals surface area contributed by atoms with Gasteiger partial charge in [0.1, 0.15) is 29.9 Å². The molecule has 7 nitrogen and oxygen atoms in total. The van der Waals surface area contributed by atoms with E-state index in [0.29, 0.717) is 52.5 Å². The second kappa shape index (κ2) is 8.79. The van der Waals surface area contributed by atoms with Gasteiger partial charge in [-0.3, -0.25) is 9.20 Å². The lowest BCUT2D eigenvalue weighted by molar-refractivity contribution is 0.0697. The van der Waals surface area contributed by atoms with Gasteiger partial charge in [0.2, 0.25) is 5.95 Å². The van der Waals surface area contributed by atoms with Gasteiger partial charge in [-0.1, -0.05) is 6.07 Å². The number of fused-ring (bicyclic) bond motifs is 3. The number of aromatic nitrogens is 3. The van der Waals surface area contributed by atoms with Crippen LogP contribution < -0.4 is 9.64 Å². The fourth-order valence-corrected chi connectivity index (χ4v) is 5.27. The molecule has 1 amide bonds. The fraction of sp³-hybridized carbons (Fsp3) is 0.296. The van der Waals surface area contributed by atoms with Crippen LogP contribution >= 0.6 is 0 Å². The smallest absolute Gasteiger partial charge is 0.275 e.